The number of rotatable bonds is 5. The molecular weight excluding hydrogens is 486 g/mol. The van der Waals surface area contributed by atoms with Crippen LogP contribution in [0.1, 0.15) is 0 Å². The van der Waals surface area contributed by atoms with Crippen molar-refractivity contribution in [3.63, 3.8) is 0 Å². The summed E-state index contributed by atoms with van der Waals surface area (Å²) >= 11 is 14.1. The third-order valence-electron chi connectivity index (χ3n) is 2.99. The molecule has 128 valence electrons. The van der Waals surface area contributed by atoms with Crippen molar-refractivity contribution in [2.75, 3.05) is 22.4 Å². The van der Waals surface area contributed by atoms with Gasteiger partial charge in [0.15, 0.2) is 0 Å². The van der Waals surface area contributed by atoms with E-state index in [-0.39, 0.29) is 10.7 Å². The van der Waals surface area contributed by atoms with E-state index in [2.05, 4.69) is 27.9 Å². The van der Waals surface area contributed by atoms with E-state index >= 15 is 0 Å². The van der Waals surface area contributed by atoms with Crippen molar-refractivity contribution < 1.29 is 13.2 Å². The third-order valence-corrected chi connectivity index (χ3v) is 5.39. The second kappa shape index (κ2) is 7.90. The number of sulfonamides is 1. The van der Waals surface area contributed by atoms with E-state index in [1.807, 2.05) is 12.1 Å². The minimum absolute atomic E-state index is 0.157. The van der Waals surface area contributed by atoms with E-state index in [1.165, 1.54) is 12.1 Å². The van der Waals surface area contributed by atoms with Crippen molar-refractivity contribution in [3.8, 4) is 0 Å². The molecule has 0 bridgehead atoms. The lowest BCUT2D eigenvalue weighted by molar-refractivity contribution is -0.114. The Bertz CT molecular complexity index is 858. The first kappa shape index (κ1) is 19.3. The fourth-order valence-electron chi connectivity index (χ4n) is 1.92. The van der Waals surface area contributed by atoms with Crippen molar-refractivity contribution in [1.29, 1.82) is 0 Å². The summed E-state index contributed by atoms with van der Waals surface area (Å²) in [6.07, 6.45) is 1.00. The molecule has 1 N–H and O–H groups in total. The molecule has 0 spiro atoms. The molecule has 2 aromatic carbocycles. The lowest BCUT2D eigenvalue weighted by atomic mass is 10.3. The van der Waals surface area contributed by atoms with Gasteiger partial charge in [-0.3, -0.25) is 9.10 Å². The van der Waals surface area contributed by atoms with Gasteiger partial charge in [-0.2, -0.15) is 0 Å². The monoisotopic (exact) mass is 498 g/mol. The molecule has 24 heavy (non-hydrogen) atoms. The fourth-order valence-corrected chi connectivity index (χ4v) is 3.58. The smallest absolute Gasteiger partial charge is 0.245 e. The minimum atomic E-state index is -3.72. The summed E-state index contributed by atoms with van der Waals surface area (Å²) in [5, 5.41) is 3.16. The van der Waals surface area contributed by atoms with Crippen LogP contribution in [0.5, 0.6) is 0 Å². The number of nitrogens with zero attached hydrogens (tertiary/aromatic N) is 1. The van der Waals surface area contributed by atoms with Crippen molar-refractivity contribution in [2.24, 2.45) is 0 Å². The molecule has 1 amide bonds. The predicted molar refractivity (Wildman–Crippen MR) is 106 cm³/mol. The molecule has 0 fully saturated rings. The van der Waals surface area contributed by atoms with Gasteiger partial charge in [0.05, 0.1) is 17.0 Å². The molecule has 2 aromatic rings. The summed E-state index contributed by atoms with van der Waals surface area (Å²) in [6, 6.07) is 11.6. The summed E-state index contributed by atoms with van der Waals surface area (Å²) in [5.74, 6) is -0.488. The Labute approximate surface area is 164 Å². The SMILES string of the molecule is CS(=O)(=O)N(CC(=O)Nc1ccc(I)cc1)c1cc(Cl)ccc1Cl. The molecule has 9 heteroatoms. The Kier molecular flexibility index (Phi) is 6.35. The lowest BCUT2D eigenvalue weighted by Gasteiger charge is -2.23. The van der Waals surface area contributed by atoms with Crippen LogP contribution in [0.2, 0.25) is 10.0 Å². The first-order valence-corrected chi connectivity index (χ1v) is 10.3. The van der Waals surface area contributed by atoms with Gasteiger partial charge >= 0.3 is 0 Å². The summed E-state index contributed by atoms with van der Waals surface area (Å²) in [5.41, 5.74) is 0.732. The molecule has 0 aromatic heterocycles. The van der Waals surface area contributed by atoms with Crippen molar-refractivity contribution in [3.05, 3.63) is 56.1 Å². The summed E-state index contributed by atoms with van der Waals surface area (Å²) in [6.45, 7) is -0.412. The first-order chi connectivity index (χ1) is 11.2. The van der Waals surface area contributed by atoms with Crippen LogP contribution < -0.4 is 9.62 Å². The highest BCUT2D eigenvalue weighted by atomic mass is 127. The molecule has 5 nitrogen and oxygen atoms in total. The van der Waals surface area contributed by atoms with Gasteiger partial charge in [0.2, 0.25) is 15.9 Å². The van der Waals surface area contributed by atoms with E-state index in [0.29, 0.717) is 10.7 Å². The van der Waals surface area contributed by atoms with Crippen LogP contribution in [-0.4, -0.2) is 27.1 Å². The lowest BCUT2D eigenvalue weighted by Crippen LogP contribution is -2.37. The van der Waals surface area contributed by atoms with E-state index in [9.17, 15) is 13.2 Å². The molecule has 0 aliphatic heterocycles. The van der Waals surface area contributed by atoms with Gasteiger partial charge < -0.3 is 5.32 Å². The number of carbonyl (C=O) groups excluding carboxylic acids is 1. The van der Waals surface area contributed by atoms with E-state index < -0.39 is 22.5 Å². The number of nitrogens with one attached hydrogen (secondary N) is 1. The third kappa shape index (κ3) is 5.23. The Morgan fingerprint density at radius 3 is 2.38 bits per heavy atom. The summed E-state index contributed by atoms with van der Waals surface area (Å²) in [4.78, 5) is 12.2. The first-order valence-electron chi connectivity index (χ1n) is 6.65. The van der Waals surface area contributed by atoms with Crippen LogP contribution in [-0.2, 0) is 14.8 Å². The number of hydrogen-bond donors (Lipinski definition) is 1. The second-order valence-electron chi connectivity index (χ2n) is 4.92. The van der Waals surface area contributed by atoms with E-state index in [1.54, 1.807) is 18.2 Å². The number of halogens is 3. The van der Waals surface area contributed by atoms with Crippen molar-refractivity contribution >= 4 is 73.1 Å². The molecule has 0 aliphatic carbocycles. The zero-order valence-corrected chi connectivity index (χ0v) is 16.9. The van der Waals surface area contributed by atoms with Crippen LogP contribution in [0, 0.1) is 3.57 Å². The highest BCUT2D eigenvalue weighted by Crippen LogP contribution is 2.30. The van der Waals surface area contributed by atoms with E-state index in [0.717, 1.165) is 14.1 Å². The van der Waals surface area contributed by atoms with Crippen molar-refractivity contribution in [2.45, 2.75) is 0 Å². The number of amides is 1. The topological polar surface area (TPSA) is 66.5 Å². The normalized spacial score (nSPS) is 11.2. The van der Waals surface area contributed by atoms with Crippen LogP contribution in [0.25, 0.3) is 0 Å². The van der Waals surface area contributed by atoms with Crippen LogP contribution in [0.4, 0.5) is 11.4 Å². The van der Waals surface area contributed by atoms with Gasteiger partial charge in [0, 0.05) is 14.3 Å². The second-order valence-corrected chi connectivity index (χ2v) is 8.92. The molecule has 0 saturated heterocycles. The Hall–Kier alpha value is -1.03. The van der Waals surface area contributed by atoms with Gasteiger partial charge in [-0.25, -0.2) is 8.42 Å². The van der Waals surface area contributed by atoms with E-state index in [4.69, 9.17) is 23.2 Å². The van der Waals surface area contributed by atoms with Gasteiger partial charge in [0.25, 0.3) is 0 Å². The average Bonchev–Trinajstić information content (AvgIpc) is 2.49. The molecular formula is C15H13Cl2IN2O3S. The molecule has 0 aliphatic rings. The maximum atomic E-state index is 12.2. The quantitative estimate of drug-likeness (QED) is 0.633. The van der Waals surface area contributed by atoms with Crippen LogP contribution in [0.3, 0.4) is 0 Å². The van der Waals surface area contributed by atoms with Gasteiger partial charge in [-0.15, -0.1) is 0 Å². The molecule has 0 radical (unpaired) electrons. The molecule has 0 atom stereocenters. The highest BCUT2D eigenvalue weighted by Gasteiger charge is 2.23. The standard InChI is InChI=1S/C15H13Cl2IN2O3S/c1-24(22,23)20(14-8-10(16)2-7-13(14)17)9-15(21)19-12-5-3-11(18)4-6-12/h2-8H,9H2,1H3,(H,19,21). The number of anilines is 2. The van der Waals surface area contributed by atoms with Crippen molar-refractivity contribution in [1.82, 2.24) is 0 Å². The largest absolute Gasteiger partial charge is 0.325 e. The number of benzene rings is 2. The molecule has 0 heterocycles. The Morgan fingerprint density at radius 1 is 1.17 bits per heavy atom. The zero-order chi connectivity index (χ0) is 17.9. The fraction of sp³-hybridized carbons (Fsp3) is 0.133. The maximum absolute atomic E-state index is 12.2. The average molecular weight is 499 g/mol. The molecule has 0 saturated carbocycles. The minimum Gasteiger partial charge on any atom is -0.325 e. The number of hydrogen-bond acceptors (Lipinski definition) is 3. The molecule has 0 unspecified atom stereocenters. The Balaban J connectivity index is 2.25. The zero-order valence-electron chi connectivity index (χ0n) is 12.5. The predicted octanol–water partition coefficient (Wildman–Crippen LogP) is 4.00. The summed E-state index contributed by atoms with van der Waals surface area (Å²) < 4.78 is 26.1. The molecule has 2 rings (SSSR count). The van der Waals surface area contributed by atoms with Crippen LogP contribution >= 0.6 is 45.8 Å². The summed E-state index contributed by atoms with van der Waals surface area (Å²) in [7, 11) is -3.72. The van der Waals surface area contributed by atoms with Gasteiger partial charge in [-0.05, 0) is 65.1 Å². The van der Waals surface area contributed by atoms with Gasteiger partial charge in [0.1, 0.15) is 6.54 Å². The van der Waals surface area contributed by atoms with Gasteiger partial charge in [-0.1, -0.05) is 23.2 Å². The Morgan fingerprint density at radius 2 is 1.79 bits per heavy atom. The maximum Gasteiger partial charge on any atom is 0.245 e. The highest BCUT2D eigenvalue weighted by molar-refractivity contribution is 14.1. The van der Waals surface area contributed by atoms with Crippen LogP contribution in [0.15, 0.2) is 42.5 Å². The number of carbonyl (C=O) groups is 1.